The van der Waals surface area contributed by atoms with E-state index in [1.165, 1.54) is 12.6 Å². The monoisotopic (exact) mass is 487 g/mol. The SMILES string of the molecule is C=C(C)C[C@H](C[C@H](O)[C@H](CC1CCCCC1)NS(=O)(=O)c1cnc2ccccc2c1)C(=O)NC. The number of amides is 1. The van der Waals surface area contributed by atoms with E-state index in [9.17, 15) is 18.3 Å². The molecule has 0 radical (unpaired) electrons. The van der Waals surface area contributed by atoms with Crippen LogP contribution in [-0.2, 0) is 14.8 Å². The molecule has 0 aliphatic heterocycles. The molecule has 3 N–H and O–H groups in total. The lowest BCUT2D eigenvalue weighted by molar-refractivity contribution is -0.125. The van der Waals surface area contributed by atoms with E-state index in [1.54, 1.807) is 13.1 Å². The molecule has 3 atom stereocenters. The first-order valence-electron chi connectivity index (χ1n) is 12.1. The number of carbonyl (C=O) groups excluding carboxylic acids is 1. The molecule has 0 spiro atoms. The average Bonchev–Trinajstić information content (AvgIpc) is 2.82. The second-order valence-corrected chi connectivity index (χ2v) is 11.3. The smallest absolute Gasteiger partial charge is 0.242 e. The zero-order valence-electron chi connectivity index (χ0n) is 20.2. The van der Waals surface area contributed by atoms with Crippen molar-refractivity contribution in [2.24, 2.45) is 11.8 Å². The molecule has 1 heterocycles. The minimum Gasteiger partial charge on any atom is -0.391 e. The van der Waals surface area contributed by atoms with E-state index in [0.29, 0.717) is 24.3 Å². The maximum Gasteiger partial charge on any atom is 0.242 e. The van der Waals surface area contributed by atoms with E-state index in [-0.39, 0.29) is 17.2 Å². The molecule has 1 aliphatic carbocycles. The summed E-state index contributed by atoms with van der Waals surface area (Å²) in [5.41, 5.74) is 1.56. The zero-order valence-corrected chi connectivity index (χ0v) is 21.0. The van der Waals surface area contributed by atoms with Crippen molar-refractivity contribution in [1.82, 2.24) is 15.0 Å². The van der Waals surface area contributed by atoms with Crippen LogP contribution in [0.2, 0.25) is 0 Å². The maximum absolute atomic E-state index is 13.3. The van der Waals surface area contributed by atoms with Crippen LogP contribution in [0.25, 0.3) is 10.9 Å². The lowest BCUT2D eigenvalue weighted by Crippen LogP contribution is -2.46. The number of allylic oxidation sites excluding steroid dienone is 1. The Morgan fingerprint density at radius 3 is 2.62 bits per heavy atom. The predicted octanol–water partition coefficient (Wildman–Crippen LogP) is 3.93. The number of hydrogen-bond acceptors (Lipinski definition) is 5. The van der Waals surface area contributed by atoms with Crippen LogP contribution < -0.4 is 10.0 Å². The van der Waals surface area contributed by atoms with Crippen LogP contribution in [0.3, 0.4) is 0 Å². The highest BCUT2D eigenvalue weighted by Crippen LogP contribution is 2.30. The quantitative estimate of drug-likeness (QED) is 0.416. The average molecular weight is 488 g/mol. The number of para-hydroxylation sites is 1. The second kappa shape index (κ2) is 11.9. The number of nitrogens with zero attached hydrogens (tertiary/aromatic N) is 1. The van der Waals surface area contributed by atoms with Gasteiger partial charge in [0.1, 0.15) is 4.90 Å². The van der Waals surface area contributed by atoms with Crippen LogP contribution in [0.15, 0.2) is 53.6 Å². The molecule has 1 saturated carbocycles. The molecule has 0 saturated heterocycles. The summed E-state index contributed by atoms with van der Waals surface area (Å²) in [4.78, 5) is 16.8. The Morgan fingerprint density at radius 1 is 1.24 bits per heavy atom. The van der Waals surface area contributed by atoms with Gasteiger partial charge in [0.2, 0.25) is 15.9 Å². The third-order valence-electron chi connectivity index (χ3n) is 6.70. The van der Waals surface area contributed by atoms with Crippen molar-refractivity contribution in [2.75, 3.05) is 7.05 Å². The Morgan fingerprint density at radius 2 is 1.94 bits per heavy atom. The van der Waals surface area contributed by atoms with Crippen molar-refractivity contribution in [2.45, 2.75) is 75.3 Å². The van der Waals surface area contributed by atoms with Gasteiger partial charge in [0, 0.05) is 30.6 Å². The van der Waals surface area contributed by atoms with E-state index in [4.69, 9.17) is 0 Å². The van der Waals surface area contributed by atoms with Crippen LogP contribution in [0.1, 0.15) is 58.3 Å². The molecule has 1 aliphatic rings. The fourth-order valence-corrected chi connectivity index (χ4v) is 6.16. The molecule has 0 bridgehead atoms. The molecular formula is C26H37N3O4S. The van der Waals surface area contributed by atoms with Crippen LogP contribution in [-0.4, -0.2) is 43.6 Å². The van der Waals surface area contributed by atoms with Gasteiger partial charge < -0.3 is 10.4 Å². The van der Waals surface area contributed by atoms with Gasteiger partial charge in [-0.1, -0.05) is 55.9 Å². The predicted molar refractivity (Wildman–Crippen MR) is 135 cm³/mol. The lowest BCUT2D eigenvalue weighted by atomic mass is 9.82. The summed E-state index contributed by atoms with van der Waals surface area (Å²) in [6.45, 7) is 5.75. The number of hydrogen-bond donors (Lipinski definition) is 3. The number of aliphatic hydroxyl groups excluding tert-OH is 1. The number of rotatable bonds is 11. The van der Waals surface area contributed by atoms with Crippen LogP contribution in [0.4, 0.5) is 0 Å². The number of sulfonamides is 1. The first-order chi connectivity index (χ1) is 16.2. The maximum atomic E-state index is 13.3. The van der Waals surface area contributed by atoms with Crippen molar-refractivity contribution in [3.8, 4) is 0 Å². The van der Waals surface area contributed by atoms with Gasteiger partial charge in [0.25, 0.3) is 0 Å². The molecule has 1 fully saturated rings. The van der Waals surface area contributed by atoms with Crippen LogP contribution in [0, 0.1) is 11.8 Å². The highest BCUT2D eigenvalue weighted by Gasteiger charge is 2.32. The molecule has 3 rings (SSSR count). The molecular weight excluding hydrogens is 450 g/mol. The molecule has 34 heavy (non-hydrogen) atoms. The third kappa shape index (κ3) is 7.10. The Bertz CT molecular complexity index is 1100. The fraction of sp³-hybridized carbons (Fsp3) is 0.538. The molecule has 186 valence electrons. The van der Waals surface area contributed by atoms with E-state index < -0.39 is 28.1 Å². The minimum absolute atomic E-state index is 0.0665. The highest BCUT2D eigenvalue weighted by atomic mass is 32.2. The van der Waals surface area contributed by atoms with E-state index in [2.05, 4.69) is 21.6 Å². The number of benzene rings is 1. The minimum atomic E-state index is -3.92. The Balaban J connectivity index is 1.84. The van der Waals surface area contributed by atoms with Crippen molar-refractivity contribution < 1.29 is 18.3 Å². The second-order valence-electron chi connectivity index (χ2n) is 9.61. The number of nitrogens with one attached hydrogen (secondary N) is 2. The molecule has 1 amide bonds. The number of carbonyl (C=O) groups is 1. The number of pyridine rings is 1. The normalized spacial score (nSPS) is 17.7. The summed E-state index contributed by atoms with van der Waals surface area (Å²) in [5.74, 6) is -0.316. The number of aromatic nitrogens is 1. The zero-order chi connectivity index (χ0) is 24.7. The fourth-order valence-electron chi connectivity index (χ4n) is 4.89. The van der Waals surface area contributed by atoms with Gasteiger partial charge in [-0.15, -0.1) is 6.58 Å². The van der Waals surface area contributed by atoms with Gasteiger partial charge in [-0.3, -0.25) is 9.78 Å². The van der Waals surface area contributed by atoms with Crippen molar-refractivity contribution >= 4 is 26.8 Å². The highest BCUT2D eigenvalue weighted by molar-refractivity contribution is 7.89. The van der Waals surface area contributed by atoms with Gasteiger partial charge in [0.15, 0.2) is 0 Å². The summed E-state index contributed by atoms with van der Waals surface area (Å²) in [6, 6.07) is 8.24. The lowest BCUT2D eigenvalue weighted by Gasteiger charge is -2.31. The molecule has 0 unspecified atom stereocenters. The number of fused-ring (bicyclic) bond motifs is 1. The molecule has 2 aromatic rings. The van der Waals surface area contributed by atoms with Gasteiger partial charge >= 0.3 is 0 Å². The van der Waals surface area contributed by atoms with E-state index >= 15 is 0 Å². The Labute approximate surface area is 203 Å². The first kappa shape index (κ1) is 26.3. The third-order valence-corrected chi connectivity index (χ3v) is 8.15. The molecule has 1 aromatic carbocycles. The van der Waals surface area contributed by atoms with E-state index in [1.807, 2.05) is 31.2 Å². The molecule has 7 nitrogen and oxygen atoms in total. The van der Waals surface area contributed by atoms with Crippen LogP contribution in [0.5, 0.6) is 0 Å². The van der Waals surface area contributed by atoms with E-state index in [0.717, 1.165) is 36.6 Å². The largest absolute Gasteiger partial charge is 0.391 e. The summed E-state index contributed by atoms with van der Waals surface area (Å²) in [5, 5.41) is 14.6. The van der Waals surface area contributed by atoms with Gasteiger partial charge in [-0.05, 0) is 44.2 Å². The van der Waals surface area contributed by atoms with Crippen molar-refractivity contribution in [3.05, 3.63) is 48.7 Å². The summed E-state index contributed by atoms with van der Waals surface area (Å²) in [6.07, 6.45) is 6.94. The Hall–Kier alpha value is -2.29. The topological polar surface area (TPSA) is 108 Å². The van der Waals surface area contributed by atoms with Gasteiger partial charge in [-0.25, -0.2) is 13.1 Å². The molecule has 8 heteroatoms. The van der Waals surface area contributed by atoms with Gasteiger partial charge in [-0.2, -0.15) is 0 Å². The summed E-state index contributed by atoms with van der Waals surface area (Å²) >= 11 is 0. The van der Waals surface area contributed by atoms with Crippen LogP contribution >= 0.6 is 0 Å². The molecule has 1 aromatic heterocycles. The van der Waals surface area contributed by atoms with Crippen molar-refractivity contribution in [3.63, 3.8) is 0 Å². The standard InChI is InChI=1S/C26H37N3O4S/c1-18(2)13-21(26(31)27-3)16-25(30)24(14-19-9-5-4-6-10-19)29-34(32,33)22-15-20-11-7-8-12-23(20)28-17-22/h7-8,11-12,15,17,19,21,24-25,29-30H,1,4-6,9-10,13-14,16H2,2-3H3,(H,27,31)/t21-,24+,25+/m1/s1. The summed E-state index contributed by atoms with van der Waals surface area (Å²) < 4.78 is 29.4. The Kier molecular flexibility index (Phi) is 9.22. The first-order valence-corrected chi connectivity index (χ1v) is 13.6. The number of aliphatic hydroxyl groups is 1. The summed E-state index contributed by atoms with van der Waals surface area (Å²) in [7, 11) is -2.36. The van der Waals surface area contributed by atoms with Crippen molar-refractivity contribution in [1.29, 1.82) is 0 Å². The van der Waals surface area contributed by atoms with Gasteiger partial charge in [0.05, 0.1) is 11.6 Å².